The number of hydrogen-bond donors (Lipinski definition) is 1. The highest BCUT2D eigenvalue weighted by Gasteiger charge is 2.24. The molecule has 2 rings (SSSR count). The van der Waals surface area contributed by atoms with Crippen LogP contribution in [0.1, 0.15) is 13.8 Å². The molecule has 16 heavy (non-hydrogen) atoms. The highest BCUT2D eigenvalue weighted by Crippen LogP contribution is 2.33. The van der Waals surface area contributed by atoms with Gasteiger partial charge in [-0.15, -0.1) is 0 Å². The lowest BCUT2D eigenvalue weighted by Crippen LogP contribution is -2.47. The van der Waals surface area contributed by atoms with Gasteiger partial charge in [0.05, 0.1) is 5.52 Å². The van der Waals surface area contributed by atoms with E-state index in [0.29, 0.717) is 6.54 Å². The molecule has 86 valence electrons. The molecule has 0 spiro atoms. The molecule has 0 radical (unpaired) electrons. The van der Waals surface area contributed by atoms with E-state index >= 15 is 0 Å². The first-order valence-electron chi connectivity index (χ1n) is 5.34. The second-order valence-electron chi connectivity index (χ2n) is 4.58. The van der Waals surface area contributed by atoms with Gasteiger partial charge < -0.3 is 10.6 Å². The topological polar surface area (TPSA) is 42.2 Å². The van der Waals surface area contributed by atoms with E-state index in [0.717, 1.165) is 5.52 Å². The Balaban J connectivity index is 2.48. The average molecular weight is 235 g/mol. The Bertz CT molecular complexity index is 490. The molecule has 3 nitrogen and oxygen atoms in total. The summed E-state index contributed by atoms with van der Waals surface area (Å²) in [5, 5.41) is 2.39. The third kappa shape index (κ3) is 1.79. The Morgan fingerprint density at radius 1 is 1.38 bits per heavy atom. The van der Waals surface area contributed by atoms with Crippen LogP contribution in [0.4, 0.5) is 5.00 Å². The Labute approximate surface area is 100 Å². The summed E-state index contributed by atoms with van der Waals surface area (Å²) >= 11 is 1.53. The van der Waals surface area contributed by atoms with Crippen LogP contribution in [0.5, 0.6) is 0 Å². The molecule has 1 aromatic heterocycles. The number of nitrogens with two attached hydrogens (primary N) is 1. The van der Waals surface area contributed by atoms with E-state index in [1.54, 1.807) is 0 Å². The minimum atomic E-state index is -0.0463. The van der Waals surface area contributed by atoms with Gasteiger partial charge in [-0.05, 0) is 37.5 Å². The minimum absolute atomic E-state index is 0.0463. The van der Waals surface area contributed by atoms with Crippen molar-refractivity contribution in [1.82, 2.24) is 4.37 Å². The standard InChI is InChI=1S/C12H17N3S/c1-12(2,8-13)15(3)11-9-6-4-5-7-10(9)14-16-11/h4-7H,8,13H2,1-3H3. The number of fused-ring (bicyclic) bond motifs is 1. The van der Waals surface area contributed by atoms with Crippen molar-refractivity contribution in [2.24, 2.45) is 5.73 Å². The maximum Gasteiger partial charge on any atom is 0.120 e. The molecule has 1 aromatic carbocycles. The molecular weight excluding hydrogens is 218 g/mol. The molecule has 2 N–H and O–H groups in total. The van der Waals surface area contributed by atoms with Crippen LogP contribution in [0.25, 0.3) is 10.9 Å². The summed E-state index contributed by atoms with van der Waals surface area (Å²) in [6, 6.07) is 8.21. The molecule has 0 aliphatic heterocycles. The Morgan fingerprint density at radius 3 is 2.75 bits per heavy atom. The summed E-state index contributed by atoms with van der Waals surface area (Å²) in [5.41, 5.74) is 6.81. The van der Waals surface area contributed by atoms with Crippen molar-refractivity contribution in [3.63, 3.8) is 0 Å². The molecule has 4 heteroatoms. The van der Waals surface area contributed by atoms with Crippen LogP contribution in [-0.4, -0.2) is 23.5 Å². The lowest BCUT2D eigenvalue weighted by molar-refractivity contribution is 0.502. The van der Waals surface area contributed by atoms with E-state index < -0.39 is 0 Å². The summed E-state index contributed by atoms with van der Waals surface area (Å²) in [6.07, 6.45) is 0. The van der Waals surface area contributed by atoms with Crippen molar-refractivity contribution < 1.29 is 0 Å². The molecule has 1 heterocycles. The van der Waals surface area contributed by atoms with Gasteiger partial charge in [0.1, 0.15) is 5.00 Å². The van der Waals surface area contributed by atoms with Crippen molar-refractivity contribution in [3.05, 3.63) is 24.3 Å². The fraction of sp³-hybridized carbons (Fsp3) is 0.417. The quantitative estimate of drug-likeness (QED) is 0.888. The molecule has 0 aliphatic rings. The highest BCUT2D eigenvalue weighted by atomic mass is 32.1. The number of anilines is 1. The van der Waals surface area contributed by atoms with Crippen molar-refractivity contribution >= 4 is 27.4 Å². The Hall–Kier alpha value is -1.13. The van der Waals surface area contributed by atoms with Crippen molar-refractivity contribution in [3.8, 4) is 0 Å². The maximum absolute atomic E-state index is 5.80. The van der Waals surface area contributed by atoms with E-state index in [1.165, 1.54) is 21.9 Å². The van der Waals surface area contributed by atoms with Gasteiger partial charge in [0.2, 0.25) is 0 Å². The predicted molar refractivity (Wildman–Crippen MR) is 71.2 cm³/mol. The zero-order valence-corrected chi connectivity index (χ0v) is 10.7. The number of nitrogens with zero attached hydrogens (tertiary/aromatic N) is 2. The summed E-state index contributed by atoms with van der Waals surface area (Å²) in [4.78, 5) is 2.22. The fourth-order valence-electron chi connectivity index (χ4n) is 1.53. The Morgan fingerprint density at radius 2 is 2.06 bits per heavy atom. The lowest BCUT2D eigenvalue weighted by atomic mass is 10.0. The maximum atomic E-state index is 5.80. The van der Waals surface area contributed by atoms with Gasteiger partial charge in [-0.2, -0.15) is 4.37 Å². The lowest BCUT2D eigenvalue weighted by Gasteiger charge is -2.35. The molecule has 0 unspecified atom stereocenters. The zero-order chi connectivity index (χ0) is 11.8. The summed E-state index contributed by atoms with van der Waals surface area (Å²) in [6.45, 7) is 4.90. The summed E-state index contributed by atoms with van der Waals surface area (Å²) < 4.78 is 4.45. The van der Waals surface area contributed by atoms with Crippen LogP contribution in [0.15, 0.2) is 24.3 Å². The largest absolute Gasteiger partial charge is 0.358 e. The third-order valence-electron chi connectivity index (χ3n) is 3.08. The van der Waals surface area contributed by atoms with Gasteiger partial charge in [0.25, 0.3) is 0 Å². The van der Waals surface area contributed by atoms with Gasteiger partial charge in [0.15, 0.2) is 0 Å². The average Bonchev–Trinajstić information content (AvgIpc) is 2.71. The smallest absolute Gasteiger partial charge is 0.120 e. The van der Waals surface area contributed by atoms with Gasteiger partial charge in [-0.3, -0.25) is 0 Å². The monoisotopic (exact) mass is 235 g/mol. The number of aromatic nitrogens is 1. The van der Waals surface area contributed by atoms with Crippen LogP contribution in [0.3, 0.4) is 0 Å². The van der Waals surface area contributed by atoms with Crippen molar-refractivity contribution in [1.29, 1.82) is 0 Å². The van der Waals surface area contributed by atoms with Crippen molar-refractivity contribution in [2.45, 2.75) is 19.4 Å². The molecule has 0 aliphatic carbocycles. The first-order valence-corrected chi connectivity index (χ1v) is 6.12. The second-order valence-corrected chi connectivity index (χ2v) is 5.33. The van der Waals surface area contributed by atoms with Crippen LogP contribution < -0.4 is 10.6 Å². The molecule has 0 saturated carbocycles. The highest BCUT2D eigenvalue weighted by molar-refractivity contribution is 7.11. The van der Waals surface area contributed by atoms with E-state index in [9.17, 15) is 0 Å². The number of likely N-dealkylation sites (N-methyl/N-ethyl adjacent to an activating group) is 1. The van der Waals surface area contributed by atoms with E-state index in [4.69, 9.17) is 5.73 Å². The van der Waals surface area contributed by atoms with Crippen LogP contribution >= 0.6 is 11.5 Å². The summed E-state index contributed by atoms with van der Waals surface area (Å²) in [5.74, 6) is 0. The number of benzene rings is 1. The van der Waals surface area contributed by atoms with Crippen LogP contribution in [0, 0.1) is 0 Å². The molecule has 0 atom stereocenters. The Kier molecular flexibility index (Phi) is 2.86. The molecular formula is C12H17N3S. The normalized spacial score (nSPS) is 12.0. The van der Waals surface area contributed by atoms with E-state index in [2.05, 4.69) is 36.2 Å². The molecule has 0 saturated heterocycles. The van der Waals surface area contributed by atoms with E-state index in [-0.39, 0.29) is 5.54 Å². The number of hydrogen-bond acceptors (Lipinski definition) is 4. The van der Waals surface area contributed by atoms with Gasteiger partial charge >= 0.3 is 0 Å². The van der Waals surface area contributed by atoms with E-state index in [1.807, 2.05) is 18.2 Å². The third-order valence-corrected chi connectivity index (χ3v) is 4.03. The predicted octanol–water partition coefficient (Wildman–Crippen LogP) is 2.47. The molecule has 0 bridgehead atoms. The number of rotatable bonds is 3. The van der Waals surface area contributed by atoms with Crippen LogP contribution in [0.2, 0.25) is 0 Å². The van der Waals surface area contributed by atoms with Gasteiger partial charge in [-0.25, -0.2) is 0 Å². The zero-order valence-electron chi connectivity index (χ0n) is 9.90. The fourth-order valence-corrected chi connectivity index (χ4v) is 2.51. The minimum Gasteiger partial charge on any atom is -0.358 e. The van der Waals surface area contributed by atoms with Gasteiger partial charge in [0, 0.05) is 24.5 Å². The first-order chi connectivity index (χ1) is 7.56. The van der Waals surface area contributed by atoms with Crippen molar-refractivity contribution in [2.75, 3.05) is 18.5 Å². The SMILES string of the molecule is CN(c1snc2ccccc12)C(C)(C)CN. The second kappa shape index (κ2) is 4.03. The van der Waals surface area contributed by atoms with Gasteiger partial charge in [-0.1, -0.05) is 12.1 Å². The summed E-state index contributed by atoms with van der Waals surface area (Å²) in [7, 11) is 2.08. The molecule has 2 aromatic rings. The first kappa shape index (κ1) is 11.4. The van der Waals surface area contributed by atoms with Crippen LogP contribution in [-0.2, 0) is 0 Å². The molecule has 0 fully saturated rings. The molecule has 0 amide bonds.